The number of amides is 1. The number of para-hydroxylation sites is 1. The Morgan fingerprint density at radius 2 is 1.51 bits per heavy atom. The highest BCUT2D eigenvalue weighted by atomic mass is 32.2. The molecule has 0 radical (unpaired) electrons. The molecule has 10 nitrogen and oxygen atoms in total. The molecule has 1 saturated carbocycles. The lowest BCUT2D eigenvalue weighted by molar-refractivity contribution is 0.0698. The molecule has 1 heterocycles. The lowest BCUT2D eigenvalue weighted by atomic mass is 9.93. The van der Waals surface area contributed by atoms with Crippen LogP contribution in [0.1, 0.15) is 52.0 Å². The number of anilines is 1. The van der Waals surface area contributed by atoms with E-state index in [1.807, 2.05) is 43.3 Å². The Kier molecular flexibility index (Phi) is 9.19. The van der Waals surface area contributed by atoms with Gasteiger partial charge in [0.15, 0.2) is 0 Å². The number of nitrogens with zero attached hydrogens (tertiary/aromatic N) is 1. The van der Waals surface area contributed by atoms with E-state index in [9.17, 15) is 23.1 Å². The van der Waals surface area contributed by atoms with Gasteiger partial charge in [-0.2, -0.15) is 0 Å². The minimum atomic E-state index is -3.56. The average molecular weight is 652 g/mol. The molecule has 47 heavy (non-hydrogen) atoms. The van der Waals surface area contributed by atoms with Gasteiger partial charge in [-0.05, 0) is 98.0 Å². The highest BCUT2D eigenvalue weighted by molar-refractivity contribution is 7.89. The molecule has 1 aliphatic carbocycles. The molecule has 240 valence electrons. The van der Waals surface area contributed by atoms with Crippen molar-refractivity contribution in [3.05, 3.63) is 120 Å². The van der Waals surface area contributed by atoms with Crippen molar-refractivity contribution in [1.82, 2.24) is 9.71 Å². The molecule has 1 fully saturated rings. The Morgan fingerprint density at radius 1 is 0.830 bits per heavy atom. The Labute approximate surface area is 272 Å². The number of benzene rings is 4. The maximum absolute atomic E-state index is 12.8. The van der Waals surface area contributed by atoms with E-state index in [-0.39, 0.29) is 33.9 Å². The number of carbonyl (C=O) groups excluding carboxylic acids is 1. The highest BCUT2D eigenvalue weighted by Crippen LogP contribution is 2.30. The minimum Gasteiger partial charge on any atom is -0.490 e. The first-order valence-corrected chi connectivity index (χ1v) is 16.7. The van der Waals surface area contributed by atoms with Crippen LogP contribution in [0.2, 0.25) is 0 Å². The van der Waals surface area contributed by atoms with Gasteiger partial charge in [-0.25, -0.2) is 22.9 Å². The number of carbonyl (C=O) groups is 2. The molecule has 0 aliphatic heterocycles. The Balaban J connectivity index is 1.02. The van der Waals surface area contributed by atoms with Gasteiger partial charge in [0.25, 0.3) is 5.91 Å². The van der Waals surface area contributed by atoms with E-state index in [2.05, 4.69) is 15.0 Å². The van der Waals surface area contributed by atoms with Crippen molar-refractivity contribution < 1.29 is 32.6 Å². The third-order valence-electron chi connectivity index (χ3n) is 8.04. The van der Waals surface area contributed by atoms with Crippen molar-refractivity contribution in [2.24, 2.45) is 0 Å². The molecular weight excluding hydrogens is 618 g/mol. The fourth-order valence-electron chi connectivity index (χ4n) is 5.50. The van der Waals surface area contributed by atoms with Gasteiger partial charge in [-0.3, -0.25) is 4.79 Å². The monoisotopic (exact) mass is 651 g/mol. The van der Waals surface area contributed by atoms with E-state index >= 15 is 0 Å². The summed E-state index contributed by atoms with van der Waals surface area (Å²) in [5, 5.41) is 13.9. The SMILES string of the molecule is Cc1ccc(S(=O)(=O)NC2CCC(Oc3ccc4cc(Oc5ccc(C(=O)Nc6ccccc6C(=O)O)cn5)ccc4c3)CC2)cc1. The van der Waals surface area contributed by atoms with Crippen molar-refractivity contribution in [3.8, 4) is 17.4 Å². The van der Waals surface area contributed by atoms with Gasteiger partial charge in [0.2, 0.25) is 15.9 Å². The lowest BCUT2D eigenvalue weighted by Crippen LogP contribution is -2.39. The van der Waals surface area contributed by atoms with E-state index < -0.39 is 21.9 Å². The molecule has 1 aromatic heterocycles. The number of hydrogen-bond acceptors (Lipinski definition) is 7. The van der Waals surface area contributed by atoms with Crippen LogP contribution in [0.25, 0.3) is 10.8 Å². The Bertz CT molecular complexity index is 2020. The molecule has 0 atom stereocenters. The summed E-state index contributed by atoms with van der Waals surface area (Å²) >= 11 is 0. The first-order valence-electron chi connectivity index (χ1n) is 15.2. The number of hydrogen-bond donors (Lipinski definition) is 3. The van der Waals surface area contributed by atoms with Gasteiger partial charge < -0.3 is 19.9 Å². The second-order valence-corrected chi connectivity index (χ2v) is 13.2. The second-order valence-electron chi connectivity index (χ2n) is 11.5. The van der Waals surface area contributed by atoms with Crippen LogP contribution < -0.4 is 19.5 Å². The number of aromatic nitrogens is 1. The van der Waals surface area contributed by atoms with Crippen LogP contribution >= 0.6 is 0 Å². The summed E-state index contributed by atoms with van der Waals surface area (Å²) in [4.78, 5) is 28.6. The topological polar surface area (TPSA) is 144 Å². The molecule has 11 heteroatoms. The fraction of sp³-hybridized carbons (Fsp3) is 0.194. The molecule has 5 aromatic rings. The zero-order valence-corrected chi connectivity index (χ0v) is 26.4. The van der Waals surface area contributed by atoms with Crippen molar-refractivity contribution in [2.75, 3.05) is 5.32 Å². The Hall–Kier alpha value is -5.26. The quantitative estimate of drug-likeness (QED) is 0.147. The number of rotatable bonds is 10. The van der Waals surface area contributed by atoms with Gasteiger partial charge in [0.05, 0.1) is 27.8 Å². The molecule has 0 bridgehead atoms. The van der Waals surface area contributed by atoms with Gasteiger partial charge in [0, 0.05) is 18.3 Å². The predicted octanol–water partition coefficient (Wildman–Crippen LogP) is 6.95. The number of pyridine rings is 1. The number of nitrogens with one attached hydrogen (secondary N) is 2. The van der Waals surface area contributed by atoms with E-state index in [1.54, 1.807) is 48.5 Å². The first kappa shape index (κ1) is 31.7. The van der Waals surface area contributed by atoms with Crippen LogP contribution in [0.15, 0.2) is 108 Å². The average Bonchev–Trinajstić information content (AvgIpc) is 3.06. The third-order valence-corrected chi connectivity index (χ3v) is 9.58. The van der Waals surface area contributed by atoms with Crippen LogP contribution in [0.4, 0.5) is 5.69 Å². The van der Waals surface area contributed by atoms with Gasteiger partial charge >= 0.3 is 5.97 Å². The van der Waals surface area contributed by atoms with Gasteiger partial charge in [-0.15, -0.1) is 0 Å². The number of aromatic carboxylic acids is 1. The van der Waals surface area contributed by atoms with Crippen molar-refractivity contribution in [3.63, 3.8) is 0 Å². The summed E-state index contributed by atoms with van der Waals surface area (Å²) in [5.74, 6) is -0.0154. The summed E-state index contributed by atoms with van der Waals surface area (Å²) in [5.41, 5.74) is 1.45. The standard InChI is InChI=1S/C36H33N3O7S/c1-23-6-17-31(18-7-23)47(43,44)39-27-11-15-28(16-12-27)45-29-13-8-25-21-30(14-9-24(25)20-29)46-34-19-10-26(22-37-34)35(40)38-33-5-3-2-4-32(33)36(41)42/h2-10,13-14,17-22,27-28,39H,11-12,15-16H2,1H3,(H,38,40)(H,41,42). The number of carboxylic acid groups (broad SMARTS) is 1. The lowest BCUT2D eigenvalue weighted by Gasteiger charge is -2.29. The Morgan fingerprint density at radius 3 is 2.19 bits per heavy atom. The van der Waals surface area contributed by atoms with Crippen molar-refractivity contribution >= 4 is 38.4 Å². The number of ether oxygens (including phenoxy) is 2. The molecule has 0 unspecified atom stereocenters. The van der Waals surface area contributed by atoms with Crippen LogP contribution in [0.3, 0.4) is 0 Å². The molecule has 4 aromatic carbocycles. The highest BCUT2D eigenvalue weighted by Gasteiger charge is 2.27. The number of fused-ring (bicyclic) bond motifs is 1. The minimum absolute atomic E-state index is 0.00164. The van der Waals surface area contributed by atoms with E-state index in [0.717, 1.165) is 34.9 Å². The van der Waals surface area contributed by atoms with Crippen LogP contribution in [0.5, 0.6) is 17.4 Å². The van der Waals surface area contributed by atoms with Crippen LogP contribution in [-0.4, -0.2) is 42.5 Å². The summed E-state index contributed by atoms with van der Waals surface area (Å²) < 4.78 is 40.6. The van der Waals surface area contributed by atoms with Gasteiger partial charge in [0.1, 0.15) is 11.5 Å². The van der Waals surface area contributed by atoms with Crippen molar-refractivity contribution in [2.45, 2.75) is 49.6 Å². The summed E-state index contributed by atoms with van der Waals surface area (Å²) in [6, 6.07) is 27.5. The predicted molar refractivity (Wildman–Crippen MR) is 178 cm³/mol. The summed E-state index contributed by atoms with van der Waals surface area (Å²) in [7, 11) is -3.56. The van der Waals surface area contributed by atoms with E-state index in [1.165, 1.54) is 18.3 Å². The first-order chi connectivity index (χ1) is 22.6. The number of sulfonamides is 1. The van der Waals surface area contributed by atoms with Crippen molar-refractivity contribution in [1.29, 1.82) is 0 Å². The molecule has 0 saturated heterocycles. The molecule has 1 amide bonds. The van der Waals surface area contributed by atoms with E-state index in [4.69, 9.17) is 9.47 Å². The fourth-order valence-corrected chi connectivity index (χ4v) is 6.81. The zero-order valence-electron chi connectivity index (χ0n) is 25.6. The van der Waals surface area contributed by atoms with Crippen LogP contribution in [0, 0.1) is 6.92 Å². The molecular formula is C36H33N3O7S. The third kappa shape index (κ3) is 7.76. The smallest absolute Gasteiger partial charge is 0.337 e. The maximum atomic E-state index is 12.8. The zero-order chi connectivity index (χ0) is 33.0. The normalized spacial score (nSPS) is 16.4. The largest absolute Gasteiger partial charge is 0.490 e. The van der Waals surface area contributed by atoms with Gasteiger partial charge in [-0.1, -0.05) is 42.0 Å². The molecule has 0 spiro atoms. The maximum Gasteiger partial charge on any atom is 0.337 e. The molecule has 1 aliphatic rings. The second kappa shape index (κ2) is 13.6. The molecule has 6 rings (SSSR count). The van der Waals surface area contributed by atoms with E-state index in [0.29, 0.717) is 24.5 Å². The number of aryl methyl sites for hydroxylation is 1. The van der Waals surface area contributed by atoms with Crippen LogP contribution in [-0.2, 0) is 10.0 Å². The number of carboxylic acids is 1. The summed E-state index contributed by atoms with van der Waals surface area (Å²) in [6.45, 7) is 1.92. The molecule has 3 N–H and O–H groups in total. The summed E-state index contributed by atoms with van der Waals surface area (Å²) in [6.07, 6.45) is 4.25.